The fraction of sp³-hybridized carbons (Fsp3) is 0.250. The van der Waals surface area contributed by atoms with E-state index in [2.05, 4.69) is 4.98 Å². The quantitative estimate of drug-likeness (QED) is 0.749. The number of fused-ring (bicyclic) bond motifs is 1. The van der Waals surface area contributed by atoms with Crippen molar-refractivity contribution in [2.75, 3.05) is 7.11 Å². The predicted octanol–water partition coefficient (Wildman–Crippen LogP) is 4.88. The first-order valence-corrected chi connectivity index (χ1v) is 5.92. The molecule has 1 aromatic carbocycles. The van der Waals surface area contributed by atoms with Crippen molar-refractivity contribution in [1.29, 1.82) is 0 Å². The first-order chi connectivity index (χ1) is 8.77. The number of nitrogens with zero attached hydrogens (tertiary/aromatic N) is 1. The van der Waals surface area contributed by atoms with Gasteiger partial charge in [0.1, 0.15) is 17.0 Å². The lowest BCUT2D eigenvalue weighted by molar-refractivity contribution is -0.141. The molecule has 0 unspecified atom stereocenters. The number of benzene rings is 1. The van der Waals surface area contributed by atoms with Crippen molar-refractivity contribution in [3.05, 3.63) is 33.4 Å². The highest BCUT2D eigenvalue weighted by atomic mass is 35.5. The molecule has 0 spiro atoms. The number of pyridine rings is 1. The summed E-state index contributed by atoms with van der Waals surface area (Å²) in [6.07, 6.45) is -4.59. The number of ether oxygens (including phenoxy) is 1. The molecule has 0 aliphatic rings. The summed E-state index contributed by atoms with van der Waals surface area (Å²) in [5.41, 5.74) is -1.19. The van der Waals surface area contributed by atoms with Crippen LogP contribution in [0.25, 0.3) is 10.9 Å². The Labute approximate surface area is 117 Å². The highest BCUT2D eigenvalue weighted by molar-refractivity contribution is 6.42. The summed E-state index contributed by atoms with van der Waals surface area (Å²) >= 11 is 12.0. The van der Waals surface area contributed by atoms with E-state index in [1.807, 2.05) is 0 Å². The van der Waals surface area contributed by atoms with Crippen molar-refractivity contribution in [3.8, 4) is 5.75 Å². The molecule has 2 nitrogen and oxygen atoms in total. The highest BCUT2D eigenvalue weighted by Crippen LogP contribution is 2.41. The second-order valence-corrected chi connectivity index (χ2v) is 4.66. The zero-order valence-electron chi connectivity index (χ0n) is 9.90. The van der Waals surface area contributed by atoms with Crippen LogP contribution in [-0.2, 0) is 6.18 Å². The number of aromatic nitrogens is 1. The molecule has 19 heavy (non-hydrogen) atoms. The van der Waals surface area contributed by atoms with Gasteiger partial charge in [-0.25, -0.2) is 4.98 Å². The van der Waals surface area contributed by atoms with E-state index >= 15 is 0 Å². The Morgan fingerprint density at radius 2 is 1.84 bits per heavy atom. The van der Waals surface area contributed by atoms with Gasteiger partial charge < -0.3 is 4.74 Å². The number of rotatable bonds is 1. The molecular weight excluding hydrogens is 302 g/mol. The van der Waals surface area contributed by atoms with Crippen molar-refractivity contribution in [1.82, 2.24) is 4.98 Å². The summed E-state index contributed by atoms with van der Waals surface area (Å²) < 4.78 is 43.7. The topological polar surface area (TPSA) is 22.1 Å². The molecule has 0 radical (unpaired) electrons. The smallest absolute Gasteiger partial charge is 0.433 e. The zero-order valence-corrected chi connectivity index (χ0v) is 11.4. The standard InChI is InChI=1S/C12H8Cl2F3NO/c1-5-9(14)8-6(13)3-4-7(19-2)10(8)18-11(5)12(15,16)17/h3-4H,1-2H3. The molecule has 2 rings (SSSR count). The first kappa shape index (κ1) is 14.2. The molecule has 2 aromatic rings. The van der Waals surface area contributed by atoms with Crippen LogP contribution in [-0.4, -0.2) is 12.1 Å². The third kappa shape index (κ3) is 2.32. The second-order valence-electron chi connectivity index (χ2n) is 3.87. The molecule has 1 aromatic heterocycles. The Balaban J connectivity index is 2.96. The maximum Gasteiger partial charge on any atom is 0.433 e. The van der Waals surface area contributed by atoms with E-state index in [0.717, 1.165) is 0 Å². The number of hydrogen-bond acceptors (Lipinski definition) is 2. The van der Waals surface area contributed by atoms with Gasteiger partial charge in [-0.15, -0.1) is 0 Å². The Hall–Kier alpha value is -1.20. The summed E-state index contributed by atoms with van der Waals surface area (Å²) in [5.74, 6) is 0.187. The maximum atomic E-state index is 12.9. The molecule has 7 heteroatoms. The van der Waals surface area contributed by atoms with E-state index in [-0.39, 0.29) is 32.3 Å². The monoisotopic (exact) mass is 309 g/mol. The van der Waals surface area contributed by atoms with Gasteiger partial charge in [0.2, 0.25) is 0 Å². The van der Waals surface area contributed by atoms with Gasteiger partial charge in [0.05, 0.1) is 17.2 Å². The first-order valence-electron chi connectivity index (χ1n) is 5.17. The Morgan fingerprint density at radius 3 is 2.37 bits per heavy atom. The van der Waals surface area contributed by atoms with Crippen molar-refractivity contribution in [2.24, 2.45) is 0 Å². The minimum atomic E-state index is -4.59. The van der Waals surface area contributed by atoms with Crippen LogP contribution < -0.4 is 4.74 Å². The molecule has 0 saturated heterocycles. The molecule has 1 heterocycles. The van der Waals surface area contributed by atoms with Crippen LogP contribution in [0.4, 0.5) is 13.2 Å². The van der Waals surface area contributed by atoms with Crippen LogP contribution in [0.15, 0.2) is 12.1 Å². The molecule has 102 valence electrons. The summed E-state index contributed by atoms with van der Waals surface area (Å²) in [5, 5.41) is 0.416. The molecule has 0 aliphatic carbocycles. The average molecular weight is 310 g/mol. The molecule has 0 bridgehead atoms. The van der Waals surface area contributed by atoms with E-state index < -0.39 is 11.9 Å². The van der Waals surface area contributed by atoms with Gasteiger partial charge in [-0.3, -0.25) is 0 Å². The lowest BCUT2D eigenvalue weighted by Gasteiger charge is -2.15. The lowest BCUT2D eigenvalue weighted by atomic mass is 10.1. The Bertz CT molecular complexity index is 656. The van der Waals surface area contributed by atoms with Crippen molar-refractivity contribution >= 4 is 34.1 Å². The number of hydrogen-bond donors (Lipinski definition) is 0. The van der Waals surface area contributed by atoms with E-state index in [0.29, 0.717) is 0 Å². The molecule has 0 aliphatic heterocycles. The molecular formula is C12H8Cl2F3NO. The van der Waals surface area contributed by atoms with Crippen LogP contribution in [0.5, 0.6) is 5.75 Å². The van der Waals surface area contributed by atoms with E-state index in [1.165, 1.54) is 26.2 Å². The Morgan fingerprint density at radius 1 is 1.21 bits per heavy atom. The SMILES string of the molecule is COc1ccc(Cl)c2c(Cl)c(C)c(C(F)(F)F)nc12. The molecule has 0 N–H and O–H groups in total. The number of alkyl halides is 3. The molecule has 0 saturated carbocycles. The highest BCUT2D eigenvalue weighted by Gasteiger charge is 2.36. The zero-order chi connectivity index (χ0) is 14.4. The van der Waals surface area contributed by atoms with Gasteiger partial charge >= 0.3 is 6.18 Å². The maximum absolute atomic E-state index is 12.9. The third-order valence-electron chi connectivity index (χ3n) is 2.71. The lowest BCUT2D eigenvalue weighted by Crippen LogP contribution is -2.11. The summed E-state index contributed by atoms with van der Waals surface area (Å²) in [6.45, 7) is 1.26. The molecule has 0 atom stereocenters. The van der Waals surface area contributed by atoms with Gasteiger partial charge in [0.25, 0.3) is 0 Å². The van der Waals surface area contributed by atoms with Gasteiger partial charge in [-0.1, -0.05) is 23.2 Å². The number of halogens is 5. The van der Waals surface area contributed by atoms with E-state index in [4.69, 9.17) is 27.9 Å². The summed E-state index contributed by atoms with van der Waals surface area (Å²) in [4.78, 5) is 3.62. The van der Waals surface area contributed by atoms with Crippen molar-refractivity contribution < 1.29 is 17.9 Å². The van der Waals surface area contributed by atoms with Crippen molar-refractivity contribution in [2.45, 2.75) is 13.1 Å². The van der Waals surface area contributed by atoms with Crippen LogP contribution in [0.2, 0.25) is 10.0 Å². The average Bonchev–Trinajstić information content (AvgIpc) is 2.32. The second kappa shape index (κ2) is 4.72. The van der Waals surface area contributed by atoms with Gasteiger partial charge in [0.15, 0.2) is 0 Å². The van der Waals surface area contributed by atoms with Crippen LogP contribution in [0.3, 0.4) is 0 Å². The third-order valence-corrected chi connectivity index (χ3v) is 3.49. The van der Waals surface area contributed by atoms with Crippen LogP contribution in [0.1, 0.15) is 11.3 Å². The minimum Gasteiger partial charge on any atom is -0.494 e. The fourth-order valence-electron chi connectivity index (χ4n) is 1.80. The van der Waals surface area contributed by atoms with Gasteiger partial charge in [-0.05, 0) is 24.6 Å². The Kier molecular flexibility index (Phi) is 3.53. The summed E-state index contributed by atoms with van der Waals surface area (Å²) in [7, 11) is 1.34. The fourth-order valence-corrected chi connectivity index (χ4v) is 2.37. The summed E-state index contributed by atoms with van der Waals surface area (Å²) in [6, 6.07) is 2.95. The van der Waals surface area contributed by atoms with Crippen LogP contribution in [0, 0.1) is 6.92 Å². The van der Waals surface area contributed by atoms with Gasteiger partial charge in [-0.2, -0.15) is 13.2 Å². The van der Waals surface area contributed by atoms with E-state index in [9.17, 15) is 13.2 Å². The largest absolute Gasteiger partial charge is 0.494 e. The van der Waals surface area contributed by atoms with Crippen molar-refractivity contribution in [3.63, 3.8) is 0 Å². The minimum absolute atomic E-state index is 0.00192. The normalized spacial score (nSPS) is 11.9. The van der Waals surface area contributed by atoms with Crippen LogP contribution >= 0.6 is 23.2 Å². The predicted molar refractivity (Wildman–Crippen MR) is 68.1 cm³/mol. The van der Waals surface area contributed by atoms with E-state index in [1.54, 1.807) is 0 Å². The number of methoxy groups -OCH3 is 1. The molecule has 0 fully saturated rings. The molecule has 0 amide bonds. The van der Waals surface area contributed by atoms with Gasteiger partial charge in [0, 0.05) is 5.39 Å².